The number of rotatable bonds is 1. The maximum atomic E-state index is 12.9. The molecule has 0 radical (unpaired) electrons. The lowest BCUT2D eigenvalue weighted by Gasteiger charge is -2.07. The van der Waals surface area contributed by atoms with Gasteiger partial charge >= 0.3 is 0 Å². The average Bonchev–Trinajstić information content (AvgIpc) is 2.65. The fourth-order valence-electron chi connectivity index (χ4n) is 2.52. The number of aryl methyl sites for hydroxylation is 1. The minimum Gasteiger partial charge on any atom is -0.306 e. The van der Waals surface area contributed by atoms with Crippen molar-refractivity contribution in [1.82, 2.24) is 9.97 Å². The molecule has 1 aromatic heterocycles. The molecule has 0 fully saturated rings. The van der Waals surface area contributed by atoms with Gasteiger partial charge in [-0.25, -0.2) is 9.37 Å². The molecule has 0 spiro atoms. The largest absolute Gasteiger partial charge is 0.306 e. The van der Waals surface area contributed by atoms with Crippen LogP contribution in [0.25, 0.3) is 11.4 Å². The number of H-pyrrole nitrogens is 1. The molecule has 1 heterocycles. The molecule has 0 saturated heterocycles. The van der Waals surface area contributed by atoms with Gasteiger partial charge in [0.1, 0.15) is 11.6 Å². The molecule has 4 heteroatoms. The number of aromatic nitrogens is 2. The van der Waals surface area contributed by atoms with E-state index >= 15 is 0 Å². The second kappa shape index (κ2) is 4.96. The Morgan fingerprint density at radius 1 is 1.05 bits per heavy atom. The van der Waals surface area contributed by atoms with Crippen LogP contribution in [0, 0.1) is 5.82 Å². The smallest absolute Gasteiger partial charge is 0.254 e. The first-order valence-corrected chi connectivity index (χ1v) is 6.62. The van der Waals surface area contributed by atoms with E-state index in [2.05, 4.69) is 9.97 Å². The fraction of sp³-hybridized carbons (Fsp3) is 0.333. The lowest BCUT2D eigenvalue weighted by molar-refractivity contribution is 0.628. The van der Waals surface area contributed by atoms with Gasteiger partial charge in [0, 0.05) is 11.1 Å². The molecule has 1 aliphatic rings. The number of halogens is 1. The first-order valence-electron chi connectivity index (χ1n) is 6.62. The van der Waals surface area contributed by atoms with Gasteiger partial charge in [0.25, 0.3) is 5.56 Å². The summed E-state index contributed by atoms with van der Waals surface area (Å²) in [6.45, 7) is 0. The van der Waals surface area contributed by atoms with Crippen LogP contribution < -0.4 is 5.56 Å². The summed E-state index contributed by atoms with van der Waals surface area (Å²) in [5.74, 6) is 0.242. The Kier molecular flexibility index (Phi) is 3.15. The predicted octanol–water partition coefficient (Wildman–Crippen LogP) is 2.84. The Morgan fingerprint density at radius 2 is 1.79 bits per heavy atom. The van der Waals surface area contributed by atoms with Crippen molar-refractivity contribution in [3.05, 3.63) is 51.7 Å². The minimum atomic E-state index is -0.291. The molecule has 19 heavy (non-hydrogen) atoms. The van der Waals surface area contributed by atoms with Crippen molar-refractivity contribution in [2.75, 3.05) is 0 Å². The zero-order valence-corrected chi connectivity index (χ0v) is 10.6. The van der Waals surface area contributed by atoms with Crippen LogP contribution in [0.2, 0.25) is 0 Å². The van der Waals surface area contributed by atoms with Crippen LogP contribution in [-0.4, -0.2) is 9.97 Å². The third kappa shape index (κ3) is 2.43. The molecular weight excluding hydrogens is 243 g/mol. The maximum absolute atomic E-state index is 12.9. The van der Waals surface area contributed by atoms with Crippen LogP contribution in [-0.2, 0) is 12.8 Å². The number of fused-ring (bicyclic) bond motifs is 1. The van der Waals surface area contributed by atoms with Crippen LogP contribution >= 0.6 is 0 Å². The molecule has 1 N–H and O–H groups in total. The third-order valence-corrected chi connectivity index (χ3v) is 3.56. The summed E-state index contributed by atoms with van der Waals surface area (Å²) in [4.78, 5) is 19.5. The molecular formula is C15H15FN2O. The van der Waals surface area contributed by atoms with Gasteiger partial charge in [-0.2, -0.15) is 0 Å². The zero-order chi connectivity index (χ0) is 13.2. The summed E-state index contributed by atoms with van der Waals surface area (Å²) in [5.41, 5.74) is 2.42. The molecule has 98 valence electrons. The zero-order valence-electron chi connectivity index (χ0n) is 10.6. The number of nitrogens with one attached hydrogen (secondary N) is 1. The lowest BCUT2D eigenvalue weighted by atomic mass is 10.1. The number of benzene rings is 1. The van der Waals surface area contributed by atoms with Gasteiger partial charge in [0.2, 0.25) is 0 Å². The van der Waals surface area contributed by atoms with Crippen LogP contribution in [0.4, 0.5) is 4.39 Å². The third-order valence-electron chi connectivity index (χ3n) is 3.56. The van der Waals surface area contributed by atoms with Gasteiger partial charge in [-0.05, 0) is 49.9 Å². The molecule has 0 saturated carbocycles. The summed E-state index contributed by atoms with van der Waals surface area (Å²) in [6, 6.07) is 6.02. The summed E-state index contributed by atoms with van der Waals surface area (Å²) in [7, 11) is 0. The van der Waals surface area contributed by atoms with Crippen LogP contribution in [0.5, 0.6) is 0 Å². The maximum Gasteiger partial charge on any atom is 0.254 e. The molecule has 3 nitrogen and oxygen atoms in total. The average molecular weight is 258 g/mol. The molecule has 1 aromatic carbocycles. The van der Waals surface area contributed by atoms with E-state index in [1.54, 1.807) is 12.1 Å². The summed E-state index contributed by atoms with van der Waals surface area (Å²) in [6.07, 6.45) is 4.93. The van der Waals surface area contributed by atoms with Gasteiger partial charge < -0.3 is 4.98 Å². The second-order valence-electron chi connectivity index (χ2n) is 4.91. The van der Waals surface area contributed by atoms with Crippen molar-refractivity contribution < 1.29 is 4.39 Å². The number of hydrogen-bond acceptors (Lipinski definition) is 2. The summed E-state index contributed by atoms with van der Waals surface area (Å²) >= 11 is 0. The topological polar surface area (TPSA) is 45.8 Å². The minimum absolute atomic E-state index is 0.0498. The molecule has 0 unspecified atom stereocenters. The molecule has 0 bridgehead atoms. The van der Waals surface area contributed by atoms with Gasteiger partial charge in [0.15, 0.2) is 0 Å². The number of hydrogen-bond donors (Lipinski definition) is 1. The van der Waals surface area contributed by atoms with Crippen molar-refractivity contribution in [3.8, 4) is 11.4 Å². The molecule has 0 aliphatic heterocycles. The van der Waals surface area contributed by atoms with Crippen molar-refractivity contribution in [3.63, 3.8) is 0 Å². The second-order valence-corrected chi connectivity index (χ2v) is 4.91. The van der Waals surface area contributed by atoms with Crippen molar-refractivity contribution in [2.24, 2.45) is 0 Å². The predicted molar refractivity (Wildman–Crippen MR) is 71.5 cm³/mol. The highest BCUT2D eigenvalue weighted by Crippen LogP contribution is 2.19. The SMILES string of the molecule is O=c1[nH]c(-c2ccc(F)cc2)nc2c1CCCCC2. The fourth-order valence-corrected chi connectivity index (χ4v) is 2.52. The van der Waals surface area contributed by atoms with Crippen LogP contribution in [0.1, 0.15) is 30.5 Å². The highest BCUT2D eigenvalue weighted by Gasteiger charge is 2.14. The Labute approximate surface area is 110 Å². The molecule has 3 rings (SSSR count). The van der Waals surface area contributed by atoms with E-state index in [4.69, 9.17) is 0 Å². The molecule has 1 aliphatic carbocycles. The van der Waals surface area contributed by atoms with Gasteiger partial charge in [0.05, 0.1) is 5.69 Å². The number of nitrogens with zero attached hydrogens (tertiary/aromatic N) is 1. The van der Waals surface area contributed by atoms with E-state index in [1.807, 2.05) is 0 Å². The van der Waals surface area contributed by atoms with Crippen molar-refractivity contribution >= 4 is 0 Å². The van der Waals surface area contributed by atoms with E-state index in [-0.39, 0.29) is 11.4 Å². The van der Waals surface area contributed by atoms with Crippen LogP contribution in [0.15, 0.2) is 29.1 Å². The van der Waals surface area contributed by atoms with Gasteiger partial charge in [-0.3, -0.25) is 4.79 Å². The number of aromatic amines is 1. The van der Waals surface area contributed by atoms with Gasteiger partial charge in [-0.1, -0.05) is 6.42 Å². The van der Waals surface area contributed by atoms with E-state index in [9.17, 15) is 9.18 Å². The standard InChI is InChI=1S/C15H15FN2O/c16-11-8-6-10(7-9-11)14-17-13-5-3-1-2-4-12(13)15(19)18-14/h6-9H,1-5H2,(H,17,18,19). The Morgan fingerprint density at radius 3 is 2.58 bits per heavy atom. The van der Waals surface area contributed by atoms with Crippen LogP contribution in [0.3, 0.4) is 0 Å². The van der Waals surface area contributed by atoms with Crippen molar-refractivity contribution in [1.29, 1.82) is 0 Å². The molecule has 0 atom stereocenters. The highest BCUT2D eigenvalue weighted by molar-refractivity contribution is 5.54. The lowest BCUT2D eigenvalue weighted by Crippen LogP contribution is -2.18. The Hall–Kier alpha value is -1.97. The molecule has 2 aromatic rings. The van der Waals surface area contributed by atoms with E-state index in [0.29, 0.717) is 5.82 Å². The first kappa shape index (κ1) is 12.1. The molecule has 0 amide bonds. The first-order chi connectivity index (χ1) is 9.24. The van der Waals surface area contributed by atoms with E-state index in [0.717, 1.165) is 48.9 Å². The monoisotopic (exact) mass is 258 g/mol. The highest BCUT2D eigenvalue weighted by atomic mass is 19.1. The van der Waals surface area contributed by atoms with Crippen molar-refractivity contribution in [2.45, 2.75) is 32.1 Å². The van der Waals surface area contributed by atoms with E-state index in [1.165, 1.54) is 12.1 Å². The normalized spacial score (nSPS) is 14.8. The van der Waals surface area contributed by atoms with E-state index < -0.39 is 0 Å². The van der Waals surface area contributed by atoms with Gasteiger partial charge in [-0.15, -0.1) is 0 Å². The Balaban J connectivity index is 2.08. The Bertz CT molecular complexity index is 646. The summed E-state index contributed by atoms with van der Waals surface area (Å²) < 4.78 is 12.9. The quantitative estimate of drug-likeness (QED) is 0.799. The summed E-state index contributed by atoms with van der Waals surface area (Å²) in [5, 5.41) is 0.